The zero-order chi connectivity index (χ0) is 17.8. The molecule has 0 radical (unpaired) electrons. The van der Waals surface area contributed by atoms with E-state index in [-0.39, 0.29) is 5.91 Å². The Hall–Kier alpha value is -2.73. The molecule has 0 atom stereocenters. The summed E-state index contributed by atoms with van der Waals surface area (Å²) >= 11 is 0. The van der Waals surface area contributed by atoms with Crippen molar-refractivity contribution in [2.24, 2.45) is 0 Å². The van der Waals surface area contributed by atoms with Crippen LogP contribution >= 0.6 is 0 Å². The van der Waals surface area contributed by atoms with Crippen molar-refractivity contribution < 1.29 is 4.79 Å². The molecule has 2 aromatic heterocycles. The number of likely N-dealkylation sites (N-methyl/N-ethyl adjacent to an activating group) is 1. The van der Waals surface area contributed by atoms with Crippen LogP contribution in [0.15, 0.2) is 49.1 Å². The first kappa shape index (κ1) is 17.1. The number of amides is 1. The highest BCUT2D eigenvalue weighted by Gasteiger charge is 2.21. The van der Waals surface area contributed by atoms with Crippen molar-refractivity contribution in [1.29, 1.82) is 0 Å². The van der Waals surface area contributed by atoms with Crippen molar-refractivity contribution in [2.75, 3.05) is 27.2 Å². The van der Waals surface area contributed by atoms with Crippen molar-refractivity contribution in [3.8, 4) is 0 Å². The number of hydrogen-bond donors (Lipinski definition) is 0. The summed E-state index contributed by atoms with van der Waals surface area (Å²) in [5.74, 6) is -0.0971. The van der Waals surface area contributed by atoms with Gasteiger partial charge in [-0.3, -0.25) is 4.79 Å². The first-order valence-corrected chi connectivity index (χ1v) is 8.32. The lowest BCUT2D eigenvalue weighted by atomic mass is 10.1. The Bertz CT molecular complexity index is 871. The topological polar surface area (TPSA) is 53.7 Å². The highest BCUT2D eigenvalue weighted by atomic mass is 16.2. The zero-order valence-electron chi connectivity index (χ0n) is 14.9. The van der Waals surface area contributed by atoms with Gasteiger partial charge in [-0.2, -0.15) is 0 Å². The standard InChI is InChI=1S/C19H23N5O/c1-15-5-4-6-16(13-15)14-24(12-11-22(2)3)19(25)17-18-21-8-10-23(18)9-7-20-17/h4-10,13H,11-12,14H2,1-3H3. The monoisotopic (exact) mass is 337 g/mol. The molecule has 0 aliphatic heterocycles. The number of hydrogen-bond acceptors (Lipinski definition) is 4. The van der Waals surface area contributed by atoms with Gasteiger partial charge in [0.25, 0.3) is 5.91 Å². The van der Waals surface area contributed by atoms with Crippen LogP contribution in [-0.2, 0) is 6.54 Å². The minimum absolute atomic E-state index is 0.0971. The van der Waals surface area contributed by atoms with Crippen LogP contribution in [0.1, 0.15) is 21.6 Å². The third-order valence-electron chi connectivity index (χ3n) is 4.07. The Morgan fingerprint density at radius 3 is 2.60 bits per heavy atom. The van der Waals surface area contributed by atoms with Crippen LogP contribution in [0.2, 0.25) is 0 Å². The molecule has 3 rings (SSSR count). The summed E-state index contributed by atoms with van der Waals surface area (Å²) in [6, 6.07) is 8.24. The Morgan fingerprint density at radius 1 is 1.12 bits per heavy atom. The van der Waals surface area contributed by atoms with E-state index in [4.69, 9.17) is 0 Å². The van der Waals surface area contributed by atoms with Crippen LogP contribution in [0, 0.1) is 6.92 Å². The Morgan fingerprint density at radius 2 is 1.88 bits per heavy atom. The molecule has 1 amide bonds. The van der Waals surface area contributed by atoms with E-state index in [2.05, 4.69) is 33.9 Å². The average molecular weight is 337 g/mol. The van der Waals surface area contributed by atoms with E-state index < -0.39 is 0 Å². The van der Waals surface area contributed by atoms with E-state index in [0.29, 0.717) is 24.4 Å². The first-order chi connectivity index (χ1) is 12.0. The largest absolute Gasteiger partial charge is 0.332 e. The zero-order valence-corrected chi connectivity index (χ0v) is 14.9. The van der Waals surface area contributed by atoms with Gasteiger partial charge in [0, 0.05) is 44.4 Å². The minimum atomic E-state index is -0.0971. The lowest BCUT2D eigenvalue weighted by Crippen LogP contribution is -2.37. The molecule has 1 aromatic carbocycles. The predicted octanol–water partition coefficient (Wildman–Crippen LogP) is 2.24. The lowest BCUT2D eigenvalue weighted by molar-refractivity contribution is 0.0727. The summed E-state index contributed by atoms with van der Waals surface area (Å²) in [4.78, 5) is 25.6. The van der Waals surface area contributed by atoms with Crippen LogP contribution in [0.5, 0.6) is 0 Å². The van der Waals surface area contributed by atoms with Crippen LogP contribution < -0.4 is 0 Å². The number of aromatic nitrogens is 3. The number of carbonyl (C=O) groups is 1. The fraction of sp³-hybridized carbons (Fsp3) is 0.316. The van der Waals surface area contributed by atoms with Crippen LogP contribution in [0.4, 0.5) is 0 Å². The van der Waals surface area contributed by atoms with Gasteiger partial charge >= 0.3 is 0 Å². The molecule has 0 aliphatic carbocycles. The molecule has 0 unspecified atom stereocenters. The van der Waals surface area contributed by atoms with Gasteiger partial charge in [-0.1, -0.05) is 29.8 Å². The smallest absolute Gasteiger partial charge is 0.276 e. The van der Waals surface area contributed by atoms with Crippen molar-refractivity contribution >= 4 is 11.6 Å². The van der Waals surface area contributed by atoms with E-state index >= 15 is 0 Å². The van der Waals surface area contributed by atoms with Gasteiger partial charge in [0.1, 0.15) is 0 Å². The van der Waals surface area contributed by atoms with E-state index in [1.165, 1.54) is 5.56 Å². The van der Waals surface area contributed by atoms with Crippen LogP contribution in [0.3, 0.4) is 0 Å². The molecule has 25 heavy (non-hydrogen) atoms. The molecule has 0 spiro atoms. The highest BCUT2D eigenvalue weighted by Crippen LogP contribution is 2.13. The van der Waals surface area contributed by atoms with Gasteiger partial charge in [-0.15, -0.1) is 0 Å². The summed E-state index contributed by atoms with van der Waals surface area (Å²) < 4.78 is 1.82. The molecule has 6 nitrogen and oxygen atoms in total. The quantitative estimate of drug-likeness (QED) is 0.692. The Labute approximate surface area is 147 Å². The molecular weight excluding hydrogens is 314 g/mol. The van der Waals surface area contributed by atoms with Gasteiger partial charge in [0.2, 0.25) is 0 Å². The summed E-state index contributed by atoms with van der Waals surface area (Å²) in [5, 5.41) is 0. The molecule has 0 fully saturated rings. The van der Waals surface area contributed by atoms with Crippen molar-refractivity contribution in [1.82, 2.24) is 24.2 Å². The maximum atomic E-state index is 13.2. The SMILES string of the molecule is Cc1cccc(CN(CCN(C)C)C(=O)c2nccn3ccnc23)c1. The predicted molar refractivity (Wildman–Crippen MR) is 97.5 cm³/mol. The molecule has 2 heterocycles. The second kappa shape index (κ2) is 7.44. The van der Waals surface area contributed by atoms with Gasteiger partial charge in [0.15, 0.2) is 11.3 Å². The number of benzene rings is 1. The maximum absolute atomic E-state index is 13.2. The molecule has 6 heteroatoms. The number of aryl methyl sites for hydroxylation is 1. The summed E-state index contributed by atoms with van der Waals surface area (Å²) in [7, 11) is 4.01. The number of carbonyl (C=O) groups excluding carboxylic acids is 1. The highest BCUT2D eigenvalue weighted by molar-refractivity contribution is 5.97. The molecule has 0 bridgehead atoms. The molecule has 0 aliphatic rings. The van der Waals surface area contributed by atoms with Crippen molar-refractivity contribution in [3.05, 3.63) is 65.9 Å². The third kappa shape index (κ3) is 4.03. The molecule has 0 N–H and O–H groups in total. The molecule has 0 saturated heterocycles. The fourth-order valence-corrected chi connectivity index (χ4v) is 2.76. The van der Waals surface area contributed by atoms with Crippen LogP contribution in [0.25, 0.3) is 5.65 Å². The molecule has 0 saturated carbocycles. The normalized spacial score (nSPS) is 11.2. The Kier molecular flexibility index (Phi) is 5.09. The molecule has 130 valence electrons. The summed E-state index contributed by atoms with van der Waals surface area (Å²) in [6.45, 7) is 4.03. The van der Waals surface area contributed by atoms with Gasteiger partial charge in [-0.05, 0) is 26.6 Å². The fourth-order valence-electron chi connectivity index (χ4n) is 2.76. The van der Waals surface area contributed by atoms with Crippen molar-refractivity contribution in [2.45, 2.75) is 13.5 Å². The van der Waals surface area contributed by atoms with Gasteiger partial charge in [0.05, 0.1) is 0 Å². The summed E-state index contributed by atoms with van der Waals surface area (Å²) in [5.41, 5.74) is 3.28. The minimum Gasteiger partial charge on any atom is -0.332 e. The Balaban J connectivity index is 1.90. The molecular formula is C19H23N5O. The van der Waals surface area contributed by atoms with Crippen molar-refractivity contribution in [3.63, 3.8) is 0 Å². The summed E-state index contributed by atoms with van der Waals surface area (Å²) in [6.07, 6.45) is 6.93. The molecule has 3 aromatic rings. The second-order valence-corrected chi connectivity index (χ2v) is 6.45. The number of nitrogens with zero attached hydrogens (tertiary/aromatic N) is 5. The second-order valence-electron chi connectivity index (χ2n) is 6.45. The number of rotatable bonds is 6. The van der Waals surface area contributed by atoms with Gasteiger partial charge < -0.3 is 14.2 Å². The lowest BCUT2D eigenvalue weighted by Gasteiger charge is -2.24. The number of fused-ring (bicyclic) bond motifs is 1. The van der Waals surface area contributed by atoms with E-state index in [0.717, 1.165) is 12.1 Å². The number of imidazole rings is 1. The van der Waals surface area contributed by atoms with E-state index in [1.807, 2.05) is 41.7 Å². The van der Waals surface area contributed by atoms with Crippen LogP contribution in [-0.4, -0.2) is 57.3 Å². The third-order valence-corrected chi connectivity index (χ3v) is 4.07. The average Bonchev–Trinajstić information content (AvgIpc) is 3.06. The first-order valence-electron chi connectivity index (χ1n) is 8.32. The maximum Gasteiger partial charge on any atom is 0.276 e. The van der Waals surface area contributed by atoms with E-state index in [9.17, 15) is 4.79 Å². The van der Waals surface area contributed by atoms with E-state index in [1.54, 1.807) is 18.6 Å². The van der Waals surface area contributed by atoms with Gasteiger partial charge in [-0.25, -0.2) is 9.97 Å².